The summed E-state index contributed by atoms with van der Waals surface area (Å²) in [6.07, 6.45) is 3.54. The molecule has 1 aliphatic rings. The molecule has 0 radical (unpaired) electrons. The molecule has 0 bridgehead atoms. The topological polar surface area (TPSA) is 117 Å². The van der Waals surface area contributed by atoms with Gasteiger partial charge in [-0.1, -0.05) is 0 Å². The molecule has 12 heteroatoms. The fraction of sp³-hybridized carbons (Fsp3) is 0.350. The number of aliphatic imine (C=N–C) groups is 1. The number of nitrogens with zero attached hydrogens (tertiary/aromatic N) is 7. The van der Waals surface area contributed by atoms with Crippen LogP contribution in [0.5, 0.6) is 5.75 Å². The summed E-state index contributed by atoms with van der Waals surface area (Å²) in [7, 11) is 5.16. The Morgan fingerprint density at radius 1 is 1.28 bits per heavy atom. The lowest BCUT2D eigenvalue weighted by molar-refractivity contribution is -0.120. The van der Waals surface area contributed by atoms with Gasteiger partial charge in [0.2, 0.25) is 5.91 Å². The molecule has 1 saturated heterocycles. The number of H-pyrrole nitrogens is 1. The first-order valence-electron chi connectivity index (χ1n) is 9.87. The van der Waals surface area contributed by atoms with E-state index in [2.05, 4.69) is 30.6 Å². The van der Waals surface area contributed by atoms with E-state index in [0.29, 0.717) is 37.2 Å². The summed E-state index contributed by atoms with van der Waals surface area (Å²) in [5, 5.41) is 14.6. The predicted molar refractivity (Wildman–Crippen MR) is 131 cm³/mol. The Labute approximate surface area is 202 Å². The molecule has 1 fully saturated rings. The van der Waals surface area contributed by atoms with Crippen LogP contribution in [0.4, 0.5) is 5.69 Å². The number of hydrogen-bond acceptors (Lipinski definition) is 6. The molecule has 0 saturated carbocycles. The maximum Gasteiger partial charge on any atom is 0.246 e. The Balaban J connectivity index is 0.00000289. The van der Waals surface area contributed by atoms with Gasteiger partial charge < -0.3 is 19.9 Å². The average molecular weight is 551 g/mol. The number of nitrogens with one attached hydrogen (secondary N) is 2. The quantitative estimate of drug-likeness (QED) is 0.279. The number of guanidine groups is 1. The molecule has 3 aromatic rings. The van der Waals surface area contributed by atoms with Gasteiger partial charge in [0.25, 0.3) is 0 Å². The van der Waals surface area contributed by atoms with E-state index in [1.165, 1.54) is 0 Å². The third-order valence-electron chi connectivity index (χ3n) is 5.03. The number of ether oxygens (including phenoxy) is 1. The van der Waals surface area contributed by atoms with Gasteiger partial charge in [0, 0.05) is 38.9 Å². The monoisotopic (exact) mass is 551 g/mol. The maximum atomic E-state index is 12.6. The fourth-order valence-corrected chi connectivity index (χ4v) is 3.41. The number of rotatable bonds is 5. The molecular formula is C20H26IN9O2. The zero-order valence-corrected chi connectivity index (χ0v) is 20.5. The minimum absolute atomic E-state index is 0. The number of aromatic nitrogens is 5. The normalized spacial score (nSPS) is 14.3. The molecule has 32 heavy (non-hydrogen) atoms. The lowest BCUT2D eigenvalue weighted by atomic mass is 10.2. The Morgan fingerprint density at radius 3 is 2.69 bits per heavy atom. The van der Waals surface area contributed by atoms with Crippen molar-refractivity contribution in [2.24, 2.45) is 12.0 Å². The second-order valence-corrected chi connectivity index (χ2v) is 7.07. The highest BCUT2D eigenvalue weighted by atomic mass is 127. The van der Waals surface area contributed by atoms with Crippen LogP contribution in [0.3, 0.4) is 0 Å². The first-order chi connectivity index (χ1) is 15.1. The standard InChI is InChI=1S/C20H25N9O2.HI/c1-21-20(28-8-9-29(18(30)13-28)15-10-23-27(2)12-15)22-11-17-24-19(26-25-17)14-4-6-16(31-3)7-5-14;/h4-7,10,12H,8-9,11,13H2,1-3H3,(H,21,22)(H,24,25,26);1H. The van der Waals surface area contributed by atoms with Crippen LogP contribution in [-0.2, 0) is 18.4 Å². The minimum Gasteiger partial charge on any atom is -0.497 e. The Kier molecular flexibility index (Phi) is 7.66. The molecule has 2 aromatic heterocycles. The van der Waals surface area contributed by atoms with E-state index in [1.54, 1.807) is 29.9 Å². The molecule has 1 aliphatic heterocycles. The summed E-state index contributed by atoms with van der Waals surface area (Å²) in [6, 6.07) is 7.55. The van der Waals surface area contributed by atoms with Gasteiger partial charge in [-0.05, 0) is 24.3 Å². The molecule has 3 heterocycles. The van der Waals surface area contributed by atoms with Gasteiger partial charge in [-0.3, -0.25) is 19.6 Å². The first kappa shape index (κ1) is 23.5. The molecule has 0 spiro atoms. The molecule has 170 valence electrons. The highest BCUT2D eigenvalue weighted by molar-refractivity contribution is 14.0. The van der Waals surface area contributed by atoms with Gasteiger partial charge in [0.15, 0.2) is 11.8 Å². The van der Waals surface area contributed by atoms with Gasteiger partial charge >= 0.3 is 0 Å². The summed E-state index contributed by atoms with van der Waals surface area (Å²) in [6.45, 7) is 1.87. The van der Waals surface area contributed by atoms with Crippen LogP contribution >= 0.6 is 24.0 Å². The van der Waals surface area contributed by atoms with Crippen LogP contribution < -0.4 is 15.0 Å². The largest absolute Gasteiger partial charge is 0.497 e. The van der Waals surface area contributed by atoms with E-state index in [1.807, 2.05) is 42.4 Å². The lowest BCUT2D eigenvalue weighted by Crippen LogP contribution is -2.55. The molecular weight excluding hydrogens is 525 g/mol. The van der Waals surface area contributed by atoms with Gasteiger partial charge in [0.1, 0.15) is 18.1 Å². The Bertz CT molecular complexity index is 1080. The average Bonchev–Trinajstić information content (AvgIpc) is 3.43. The van der Waals surface area contributed by atoms with Crippen LogP contribution in [0.2, 0.25) is 0 Å². The summed E-state index contributed by atoms with van der Waals surface area (Å²) >= 11 is 0. The van der Waals surface area contributed by atoms with E-state index >= 15 is 0 Å². The SMILES string of the molecule is CN=C(NCc1nc(-c2ccc(OC)cc2)n[nH]1)N1CCN(c2cnn(C)c2)C(=O)C1.I. The van der Waals surface area contributed by atoms with Crippen molar-refractivity contribution in [3.63, 3.8) is 0 Å². The number of methoxy groups -OCH3 is 1. The van der Waals surface area contributed by atoms with E-state index in [4.69, 9.17) is 4.74 Å². The van der Waals surface area contributed by atoms with Gasteiger partial charge in [0.05, 0.1) is 25.5 Å². The number of carbonyl (C=O) groups is 1. The molecule has 4 rings (SSSR count). The number of hydrogen-bond donors (Lipinski definition) is 2. The number of amides is 1. The third-order valence-corrected chi connectivity index (χ3v) is 5.03. The van der Waals surface area contributed by atoms with Gasteiger partial charge in [-0.25, -0.2) is 4.98 Å². The molecule has 11 nitrogen and oxygen atoms in total. The molecule has 0 atom stereocenters. The van der Waals surface area contributed by atoms with Crippen LogP contribution in [0.15, 0.2) is 41.7 Å². The number of carbonyl (C=O) groups excluding carboxylic acids is 1. The van der Waals surface area contributed by atoms with E-state index < -0.39 is 0 Å². The zero-order chi connectivity index (χ0) is 21.8. The summed E-state index contributed by atoms with van der Waals surface area (Å²) in [4.78, 5) is 25.2. The van der Waals surface area contributed by atoms with Crippen molar-refractivity contribution in [3.05, 3.63) is 42.5 Å². The van der Waals surface area contributed by atoms with Gasteiger partial charge in [-0.15, -0.1) is 24.0 Å². The second kappa shape index (κ2) is 10.4. The highest BCUT2D eigenvalue weighted by Crippen LogP contribution is 2.19. The van der Waals surface area contributed by atoms with E-state index in [0.717, 1.165) is 17.0 Å². The Morgan fingerprint density at radius 2 is 2.06 bits per heavy atom. The zero-order valence-electron chi connectivity index (χ0n) is 18.1. The number of halogens is 1. The van der Waals surface area contributed by atoms with Crippen molar-refractivity contribution in [1.82, 2.24) is 35.2 Å². The summed E-state index contributed by atoms with van der Waals surface area (Å²) < 4.78 is 6.87. The molecule has 0 unspecified atom stereocenters. The summed E-state index contributed by atoms with van der Waals surface area (Å²) in [5.41, 5.74) is 1.70. The maximum absolute atomic E-state index is 12.6. The smallest absolute Gasteiger partial charge is 0.246 e. The van der Waals surface area contributed by atoms with Crippen molar-refractivity contribution >= 4 is 41.5 Å². The van der Waals surface area contributed by atoms with Crippen molar-refractivity contribution < 1.29 is 9.53 Å². The van der Waals surface area contributed by atoms with E-state index in [9.17, 15) is 4.79 Å². The number of aryl methyl sites for hydroxylation is 1. The second-order valence-electron chi connectivity index (χ2n) is 7.07. The fourth-order valence-electron chi connectivity index (χ4n) is 3.41. The molecule has 1 amide bonds. The number of benzene rings is 1. The Hall–Kier alpha value is -3.16. The van der Waals surface area contributed by atoms with Crippen LogP contribution in [0.25, 0.3) is 11.4 Å². The highest BCUT2D eigenvalue weighted by Gasteiger charge is 2.27. The first-order valence-corrected chi connectivity index (χ1v) is 9.87. The van der Waals surface area contributed by atoms with Crippen molar-refractivity contribution in [2.45, 2.75) is 6.54 Å². The number of piperazine rings is 1. The number of aromatic amines is 1. The van der Waals surface area contributed by atoms with Crippen molar-refractivity contribution in [3.8, 4) is 17.1 Å². The molecule has 1 aromatic carbocycles. The summed E-state index contributed by atoms with van der Waals surface area (Å²) in [5.74, 6) is 2.70. The molecule has 2 N–H and O–H groups in total. The van der Waals surface area contributed by atoms with Crippen LogP contribution in [-0.4, -0.2) is 75.5 Å². The minimum atomic E-state index is 0. The number of anilines is 1. The van der Waals surface area contributed by atoms with Crippen molar-refractivity contribution in [1.29, 1.82) is 0 Å². The van der Waals surface area contributed by atoms with Crippen LogP contribution in [0, 0.1) is 0 Å². The predicted octanol–water partition coefficient (Wildman–Crippen LogP) is 1.26. The van der Waals surface area contributed by atoms with E-state index in [-0.39, 0.29) is 36.4 Å². The third kappa shape index (κ3) is 5.18. The van der Waals surface area contributed by atoms with Crippen molar-refractivity contribution in [2.75, 3.05) is 38.7 Å². The van der Waals surface area contributed by atoms with Crippen LogP contribution in [0.1, 0.15) is 5.82 Å². The van der Waals surface area contributed by atoms with Gasteiger partial charge in [-0.2, -0.15) is 10.2 Å². The lowest BCUT2D eigenvalue weighted by Gasteiger charge is -2.35. The molecule has 0 aliphatic carbocycles.